The van der Waals surface area contributed by atoms with E-state index < -0.39 is 0 Å². The second-order valence-electron chi connectivity index (χ2n) is 2.46. The first-order valence-electron chi connectivity index (χ1n) is 3.50. The maximum atomic E-state index is 10.9. The Morgan fingerprint density at radius 2 is 2.42 bits per heavy atom. The summed E-state index contributed by atoms with van der Waals surface area (Å²) in [6.07, 6.45) is 0.957. The highest BCUT2D eigenvalue weighted by Crippen LogP contribution is 2.15. The minimum atomic E-state index is -0.104. The number of carbonyl (C=O) groups excluding carboxylic acids is 2. The second-order valence-corrected chi connectivity index (χ2v) is 2.46. The van der Waals surface area contributed by atoms with E-state index in [0.717, 1.165) is 0 Å². The molecule has 0 unspecified atom stereocenters. The quantitative estimate of drug-likeness (QED) is 0.567. The molecule has 6 heteroatoms. The Balaban J connectivity index is 2.46. The molecule has 0 spiro atoms. The molecule has 0 aromatic carbocycles. The molecule has 0 saturated carbocycles. The predicted octanol–water partition coefficient (Wildman–Crippen LogP) is -0.567. The molecule has 12 heavy (non-hydrogen) atoms. The van der Waals surface area contributed by atoms with Gasteiger partial charge in [-0.3, -0.25) is 9.59 Å². The topological polar surface area (TPSA) is 76.9 Å². The van der Waals surface area contributed by atoms with E-state index in [1.807, 2.05) is 0 Å². The zero-order valence-corrected chi connectivity index (χ0v) is 6.15. The highest BCUT2D eigenvalue weighted by molar-refractivity contribution is 5.95. The molecule has 1 aromatic heterocycles. The van der Waals surface area contributed by atoms with E-state index in [1.165, 1.54) is 4.68 Å². The third-order valence-corrected chi connectivity index (χ3v) is 1.68. The van der Waals surface area contributed by atoms with E-state index in [1.54, 1.807) is 0 Å². The number of aldehydes is 1. The van der Waals surface area contributed by atoms with Crippen LogP contribution in [0.2, 0.25) is 0 Å². The first-order chi connectivity index (χ1) is 5.81. The van der Waals surface area contributed by atoms with Gasteiger partial charge < -0.3 is 5.32 Å². The average Bonchev–Trinajstić information content (AvgIpc) is 2.46. The standard InChI is InChI=1S/C6H6N4O2/c11-3-4-6-7-5(12)1-2-10(6)9-8-4/h3H,1-2H2,(H,7,12). The summed E-state index contributed by atoms with van der Waals surface area (Å²) in [5.74, 6) is 0.300. The molecule has 0 bridgehead atoms. The van der Waals surface area contributed by atoms with Crippen LogP contribution >= 0.6 is 0 Å². The third-order valence-electron chi connectivity index (χ3n) is 1.68. The summed E-state index contributed by atoms with van der Waals surface area (Å²) < 4.78 is 1.51. The van der Waals surface area contributed by atoms with Crippen LogP contribution in [0.25, 0.3) is 0 Å². The Kier molecular flexibility index (Phi) is 1.39. The van der Waals surface area contributed by atoms with Crippen LogP contribution in [0.5, 0.6) is 0 Å². The van der Waals surface area contributed by atoms with Crippen molar-refractivity contribution in [3.63, 3.8) is 0 Å². The molecule has 0 radical (unpaired) electrons. The molecule has 0 aliphatic carbocycles. The lowest BCUT2D eigenvalue weighted by molar-refractivity contribution is -0.116. The fourth-order valence-electron chi connectivity index (χ4n) is 1.09. The van der Waals surface area contributed by atoms with Gasteiger partial charge in [-0.1, -0.05) is 5.21 Å². The molecular formula is C6H6N4O2. The zero-order chi connectivity index (χ0) is 8.55. The van der Waals surface area contributed by atoms with Gasteiger partial charge in [0.2, 0.25) is 5.91 Å². The summed E-state index contributed by atoms with van der Waals surface area (Å²) in [4.78, 5) is 21.3. The molecule has 2 rings (SSSR count). The monoisotopic (exact) mass is 166 g/mol. The van der Waals surface area contributed by atoms with Crippen molar-refractivity contribution in [2.45, 2.75) is 13.0 Å². The van der Waals surface area contributed by atoms with Gasteiger partial charge in [0.1, 0.15) is 0 Å². The number of aryl methyl sites for hydroxylation is 1. The molecule has 1 N–H and O–H groups in total. The number of hydrogen-bond donors (Lipinski definition) is 1. The summed E-state index contributed by atoms with van der Waals surface area (Å²) in [6, 6.07) is 0. The van der Waals surface area contributed by atoms with Crippen LogP contribution in [0, 0.1) is 0 Å². The van der Waals surface area contributed by atoms with Crippen LogP contribution in [0.1, 0.15) is 16.9 Å². The number of fused-ring (bicyclic) bond motifs is 1. The number of hydrogen-bond acceptors (Lipinski definition) is 4. The zero-order valence-electron chi connectivity index (χ0n) is 6.15. The smallest absolute Gasteiger partial charge is 0.227 e. The largest absolute Gasteiger partial charge is 0.309 e. The number of anilines is 1. The van der Waals surface area contributed by atoms with Gasteiger partial charge in [0, 0.05) is 6.42 Å². The van der Waals surface area contributed by atoms with Crippen LogP contribution in [-0.2, 0) is 11.3 Å². The first kappa shape index (κ1) is 6.96. The van der Waals surface area contributed by atoms with Gasteiger partial charge in [-0.2, -0.15) is 0 Å². The first-order valence-corrected chi connectivity index (χ1v) is 3.50. The molecule has 2 heterocycles. The number of nitrogens with one attached hydrogen (secondary N) is 1. The maximum Gasteiger partial charge on any atom is 0.227 e. The van der Waals surface area contributed by atoms with E-state index in [4.69, 9.17) is 0 Å². The number of nitrogens with zero attached hydrogens (tertiary/aromatic N) is 3. The van der Waals surface area contributed by atoms with Crippen LogP contribution in [0.15, 0.2) is 0 Å². The average molecular weight is 166 g/mol. The van der Waals surface area contributed by atoms with Gasteiger partial charge in [0.25, 0.3) is 0 Å². The van der Waals surface area contributed by atoms with Crippen LogP contribution in [0.3, 0.4) is 0 Å². The highest BCUT2D eigenvalue weighted by Gasteiger charge is 2.19. The Labute approximate surface area is 67.6 Å². The Bertz CT molecular complexity index is 343. The van der Waals surface area contributed by atoms with Crippen LogP contribution in [0.4, 0.5) is 5.82 Å². The van der Waals surface area contributed by atoms with E-state index in [2.05, 4.69) is 15.6 Å². The highest BCUT2D eigenvalue weighted by atomic mass is 16.2. The van der Waals surface area contributed by atoms with Gasteiger partial charge in [0.15, 0.2) is 17.8 Å². The minimum Gasteiger partial charge on any atom is -0.309 e. The van der Waals surface area contributed by atoms with Crippen molar-refractivity contribution in [3.8, 4) is 0 Å². The number of rotatable bonds is 1. The number of amides is 1. The molecule has 0 atom stereocenters. The maximum absolute atomic E-state index is 10.9. The molecule has 62 valence electrons. The SMILES string of the molecule is O=Cc1nnn2c1NC(=O)CC2. The molecule has 1 aliphatic rings. The van der Waals surface area contributed by atoms with Crippen molar-refractivity contribution in [1.82, 2.24) is 15.0 Å². The van der Waals surface area contributed by atoms with Crippen LogP contribution in [-0.4, -0.2) is 27.2 Å². The van der Waals surface area contributed by atoms with E-state index in [0.29, 0.717) is 25.1 Å². The van der Waals surface area contributed by atoms with Crippen molar-refractivity contribution in [1.29, 1.82) is 0 Å². The molecular weight excluding hydrogens is 160 g/mol. The van der Waals surface area contributed by atoms with E-state index in [9.17, 15) is 9.59 Å². The lowest BCUT2D eigenvalue weighted by Gasteiger charge is -2.12. The molecule has 6 nitrogen and oxygen atoms in total. The predicted molar refractivity (Wildman–Crippen MR) is 38.7 cm³/mol. The van der Waals surface area contributed by atoms with Crippen molar-refractivity contribution in [3.05, 3.63) is 5.69 Å². The molecule has 1 amide bonds. The Morgan fingerprint density at radius 3 is 3.17 bits per heavy atom. The van der Waals surface area contributed by atoms with Crippen molar-refractivity contribution < 1.29 is 9.59 Å². The lowest BCUT2D eigenvalue weighted by Crippen LogP contribution is -2.24. The summed E-state index contributed by atoms with van der Waals surface area (Å²) >= 11 is 0. The van der Waals surface area contributed by atoms with Gasteiger partial charge in [-0.25, -0.2) is 4.68 Å². The Morgan fingerprint density at radius 1 is 1.58 bits per heavy atom. The summed E-state index contributed by atoms with van der Waals surface area (Å²) in [5.41, 5.74) is 0.183. The summed E-state index contributed by atoms with van der Waals surface area (Å²) in [6.45, 7) is 0.488. The van der Waals surface area contributed by atoms with Gasteiger partial charge >= 0.3 is 0 Å². The normalized spacial score (nSPS) is 15.2. The third kappa shape index (κ3) is 0.884. The van der Waals surface area contributed by atoms with Crippen molar-refractivity contribution in [2.75, 3.05) is 5.32 Å². The molecule has 1 aromatic rings. The van der Waals surface area contributed by atoms with E-state index >= 15 is 0 Å². The summed E-state index contributed by atoms with van der Waals surface area (Å²) in [5, 5.41) is 9.79. The fraction of sp³-hybridized carbons (Fsp3) is 0.333. The number of carbonyl (C=O) groups is 2. The number of aromatic nitrogens is 3. The van der Waals surface area contributed by atoms with Gasteiger partial charge in [-0.15, -0.1) is 5.10 Å². The second kappa shape index (κ2) is 2.40. The summed E-state index contributed by atoms with van der Waals surface area (Å²) in [7, 11) is 0. The Hall–Kier alpha value is -1.72. The van der Waals surface area contributed by atoms with Crippen LogP contribution < -0.4 is 5.32 Å². The van der Waals surface area contributed by atoms with E-state index in [-0.39, 0.29) is 11.6 Å². The molecule has 0 fully saturated rings. The molecule has 0 saturated heterocycles. The van der Waals surface area contributed by atoms with Crippen molar-refractivity contribution >= 4 is 18.0 Å². The fourth-order valence-corrected chi connectivity index (χ4v) is 1.09. The van der Waals surface area contributed by atoms with Gasteiger partial charge in [0.05, 0.1) is 6.54 Å². The minimum absolute atomic E-state index is 0.104. The van der Waals surface area contributed by atoms with Gasteiger partial charge in [-0.05, 0) is 0 Å². The molecule has 1 aliphatic heterocycles. The van der Waals surface area contributed by atoms with Crippen molar-refractivity contribution in [2.24, 2.45) is 0 Å². The lowest BCUT2D eigenvalue weighted by atomic mass is 10.3.